The van der Waals surface area contributed by atoms with Crippen LogP contribution in [0.3, 0.4) is 0 Å². The van der Waals surface area contributed by atoms with Gasteiger partial charge in [0.2, 0.25) is 0 Å². The van der Waals surface area contributed by atoms with Gasteiger partial charge in [-0.2, -0.15) is 0 Å². The van der Waals surface area contributed by atoms with Crippen LogP contribution in [0.5, 0.6) is 0 Å². The normalized spacial score (nSPS) is 12.7. The van der Waals surface area contributed by atoms with E-state index < -0.39 is 0 Å². The predicted octanol–water partition coefficient (Wildman–Crippen LogP) is 4.55. The number of aromatic nitrogens is 1. The number of carbonyl (C=O) groups is 2. The summed E-state index contributed by atoms with van der Waals surface area (Å²) in [6.45, 7) is 0.581. The van der Waals surface area contributed by atoms with Crippen LogP contribution in [0, 0.1) is 0 Å². The van der Waals surface area contributed by atoms with Gasteiger partial charge in [-0.15, -0.1) is 0 Å². The molecule has 3 heterocycles. The molecule has 1 N–H and O–H groups in total. The highest BCUT2D eigenvalue weighted by Gasteiger charge is 2.26. The first-order valence-corrected chi connectivity index (χ1v) is 9.29. The summed E-state index contributed by atoms with van der Waals surface area (Å²) in [5.41, 5.74) is 3.25. The van der Waals surface area contributed by atoms with Crippen molar-refractivity contribution in [2.75, 3.05) is 16.8 Å². The smallest absolute Gasteiger partial charge is 0.261 e. The van der Waals surface area contributed by atoms with Crippen molar-refractivity contribution in [2.45, 2.75) is 6.42 Å². The molecule has 0 atom stereocenters. The van der Waals surface area contributed by atoms with Crippen LogP contribution in [-0.4, -0.2) is 23.3 Å². The van der Waals surface area contributed by atoms with E-state index in [2.05, 4.69) is 26.2 Å². The van der Waals surface area contributed by atoms with Crippen LogP contribution in [0.15, 0.2) is 57.9 Å². The minimum absolute atomic E-state index is 0.105. The summed E-state index contributed by atoms with van der Waals surface area (Å²) in [7, 11) is 0. The molecule has 4 rings (SSSR count). The molecule has 2 amide bonds. The standard InChI is InChI=1S/C19H13BrClN3O3/c20-13-8-15(17(21)22-9-13)18(25)23-14-1-2-16-11(7-14)3-5-24(16)19(26)12-4-6-27-10-12/h1-2,4,6-10H,3,5H2,(H,23,25). The third kappa shape index (κ3) is 3.48. The van der Waals surface area contributed by atoms with Gasteiger partial charge in [-0.1, -0.05) is 11.6 Å². The molecule has 0 spiro atoms. The molecule has 2 aromatic heterocycles. The van der Waals surface area contributed by atoms with E-state index in [-0.39, 0.29) is 22.5 Å². The van der Waals surface area contributed by atoms with Crippen LogP contribution >= 0.6 is 27.5 Å². The van der Waals surface area contributed by atoms with Crippen molar-refractivity contribution < 1.29 is 14.0 Å². The zero-order valence-electron chi connectivity index (χ0n) is 13.9. The lowest BCUT2D eigenvalue weighted by molar-refractivity contribution is 0.0987. The van der Waals surface area contributed by atoms with Crippen molar-refractivity contribution in [3.8, 4) is 0 Å². The Hall–Kier alpha value is -2.64. The number of pyridine rings is 1. The average Bonchev–Trinajstić information content (AvgIpc) is 3.32. The second-order valence-electron chi connectivity index (χ2n) is 6.01. The first-order valence-electron chi connectivity index (χ1n) is 8.12. The molecule has 1 aromatic carbocycles. The number of hydrogen-bond acceptors (Lipinski definition) is 4. The van der Waals surface area contributed by atoms with Gasteiger partial charge < -0.3 is 14.6 Å². The van der Waals surface area contributed by atoms with Crippen LogP contribution in [0.1, 0.15) is 26.3 Å². The largest absolute Gasteiger partial charge is 0.472 e. The SMILES string of the molecule is O=C(Nc1ccc2c(c1)CCN2C(=O)c1ccoc1)c1cc(Br)cnc1Cl. The second-order valence-corrected chi connectivity index (χ2v) is 7.28. The molecule has 1 aliphatic heterocycles. The lowest BCUT2D eigenvalue weighted by Gasteiger charge is -2.16. The Labute approximate surface area is 168 Å². The van der Waals surface area contributed by atoms with Gasteiger partial charge >= 0.3 is 0 Å². The fourth-order valence-corrected chi connectivity index (χ4v) is 3.53. The molecule has 0 saturated carbocycles. The summed E-state index contributed by atoms with van der Waals surface area (Å²) >= 11 is 9.29. The Bertz CT molecular complexity index is 1040. The number of rotatable bonds is 3. The lowest BCUT2D eigenvalue weighted by Crippen LogP contribution is -2.28. The number of amides is 2. The molecule has 8 heteroatoms. The first kappa shape index (κ1) is 17.8. The lowest BCUT2D eigenvalue weighted by atomic mass is 10.1. The van der Waals surface area contributed by atoms with Crippen LogP contribution in [0.4, 0.5) is 11.4 Å². The van der Waals surface area contributed by atoms with Crippen LogP contribution < -0.4 is 10.2 Å². The fourth-order valence-electron chi connectivity index (χ4n) is 3.01. The summed E-state index contributed by atoms with van der Waals surface area (Å²) in [5.74, 6) is -0.454. The molecule has 0 aliphatic carbocycles. The van der Waals surface area contributed by atoms with Crippen LogP contribution in [0.2, 0.25) is 5.15 Å². The van der Waals surface area contributed by atoms with Crippen molar-refractivity contribution in [3.05, 3.63) is 75.4 Å². The molecule has 1 aliphatic rings. The number of furan rings is 1. The summed E-state index contributed by atoms with van der Waals surface area (Å²) < 4.78 is 5.66. The van der Waals surface area contributed by atoms with Gasteiger partial charge in [-0.05, 0) is 58.2 Å². The van der Waals surface area contributed by atoms with Gasteiger partial charge in [0.15, 0.2) is 0 Å². The zero-order valence-corrected chi connectivity index (χ0v) is 16.3. The quantitative estimate of drug-likeness (QED) is 0.599. The van der Waals surface area contributed by atoms with Crippen molar-refractivity contribution in [1.29, 1.82) is 0 Å². The summed E-state index contributed by atoms with van der Waals surface area (Å²) in [5, 5.41) is 2.96. The molecule has 0 radical (unpaired) electrons. The Kier molecular flexibility index (Phi) is 4.72. The highest BCUT2D eigenvalue weighted by Crippen LogP contribution is 2.32. The predicted molar refractivity (Wildman–Crippen MR) is 105 cm³/mol. The fraction of sp³-hybridized carbons (Fsp3) is 0.105. The van der Waals surface area contributed by atoms with E-state index in [4.69, 9.17) is 16.0 Å². The van der Waals surface area contributed by atoms with Crippen LogP contribution in [-0.2, 0) is 6.42 Å². The number of halogens is 2. The minimum atomic E-state index is -0.349. The number of carbonyl (C=O) groups excluding carboxylic acids is 2. The first-order chi connectivity index (χ1) is 13.0. The molecule has 6 nitrogen and oxygen atoms in total. The summed E-state index contributed by atoms with van der Waals surface area (Å²) in [6, 6.07) is 8.72. The third-order valence-electron chi connectivity index (χ3n) is 4.30. The number of nitrogens with one attached hydrogen (secondary N) is 1. The van der Waals surface area contributed by atoms with E-state index in [0.717, 1.165) is 11.3 Å². The maximum atomic E-state index is 12.6. The zero-order chi connectivity index (χ0) is 19.0. The number of benzene rings is 1. The topological polar surface area (TPSA) is 75.4 Å². The van der Waals surface area contributed by atoms with Gasteiger partial charge in [0, 0.05) is 28.6 Å². The Morgan fingerprint density at radius 2 is 2.11 bits per heavy atom. The molecule has 0 saturated heterocycles. The second kappa shape index (κ2) is 7.17. The van der Waals surface area contributed by atoms with Gasteiger partial charge in [0.1, 0.15) is 11.4 Å². The highest BCUT2D eigenvalue weighted by atomic mass is 79.9. The average molecular weight is 447 g/mol. The summed E-state index contributed by atoms with van der Waals surface area (Å²) in [6.07, 6.45) is 5.15. The van der Waals surface area contributed by atoms with E-state index in [9.17, 15) is 9.59 Å². The van der Waals surface area contributed by atoms with Crippen molar-refractivity contribution in [1.82, 2.24) is 4.98 Å². The number of hydrogen-bond donors (Lipinski definition) is 1. The number of anilines is 2. The van der Waals surface area contributed by atoms with Crippen LogP contribution in [0.25, 0.3) is 0 Å². The van der Waals surface area contributed by atoms with Gasteiger partial charge in [-0.25, -0.2) is 4.98 Å². The van der Waals surface area contributed by atoms with E-state index in [1.165, 1.54) is 18.7 Å². The Morgan fingerprint density at radius 3 is 2.89 bits per heavy atom. The maximum absolute atomic E-state index is 12.6. The molecular formula is C19H13BrClN3O3. The van der Waals surface area contributed by atoms with E-state index in [1.54, 1.807) is 23.1 Å². The number of nitrogens with zero attached hydrogens (tertiary/aromatic N) is 2. The minimum Gasteiger partial charge on any atom is -0.472 e. The van der Waals surface area contributed by atoms with Crippen molar-refractivity contribution in [3.63, 3.8) is 0 Å². The van der Waals surface area contributed by atoms with E-state index in [1.807, 2.05) is 12.1 Å². The third-order valence-corrected chi connectivity index (χ3v) is 5.03. The molecule has 136 valence electrons. The number of fused-ring (bicyclic) bond motifs is 1. The van der Waals surface area contributed by atoms with Gasteiger partial charge in [-0.3, -0.25) is 9.59 Å². The van der Waals surface area contributed by atoms with E-state index in [0.29, 0.717) is 28.7 Å². The van der Waals surface area contributed by atoms with E-state index >= 15 is 0 Å². The van der Waals surface area contributed by atoms with Gasteiger partial charge in [0.05, 0.1) is 17.4 Å². The van der Waals surface area contributed by atoms with Crippen molar-refractivity contribution >= 4 is 50.7 Å². The molecule has 0 unspecified atom stereocenters. The van der Waals surface area contributed by atoms with Crippen molar-refractivity contribution in [2.24, 2.45) is 0 Å². The Morgan fingerprint density at radius 1 is 1.26 bits per heavy atom. The molecule has 27 heavy (non-hydrogen) atoms. The maximum Gasteiger partial charge on any atom is 0.261 e. The van der Waals surface area contributed by atoms with Gasteiger partial charge in [0.25, 0.3) is 11.8 Å². The highest BCUT2D eigenvalue weighted by molar-refractivity contribution is 9.10. The Balaban J connectivity index is 1.55. The monoisotopic (exact) mass is 445 g/mol. The molecular weight excluding hydrogens is 434 g/mol. The molecule has 0 fully saturated rings. The molecule has 3 aromatic rings. The summed E-state index contributed by atoms with van der Waals surface area (Å²) in [4.78, 5) is 30.7. The molecule has 0 bridgehead atoms.